The zero-order valence-corrected chi connectivity index (χ0v) is 23.2. The normalized spacial score (nSPS) is 11.4. The molecule has 3 rings (SSSR count). The summed E-state index contributed by atoms with van der Waals surface area (Å²) in [7, 11) is 0. The van der Waals surface area contributed by atoms with Crippen molar-refractivity contribution in [3.63, 3.8) is 0 Å². The number of rotatable bonds is 8. The Morgan fingerprint density at radius 3 is 2.05 bits per heavy atom. The van der Waals surface area contributed by atoms with Gasteiger partial charge in [0.05, 0.1) is 11.8 Å². The number of phenolic OH excluding ortho intramolecular Hbond substituents is 1. The Morgan fingerprint density at radius 2 is 1.57 bits per heavy atom. The van der Waals surface area contributed by atoms with Gasteiger partial charge in [-0.2, -0.15) is 5.11 Å². The predicted molar refractivity (Wildman–Crippen MR) is 151 cm³/mol. The number of benzene rings is 3. The van der Waals surface area contributed by atoms with Gasteiger partial charge in [-0.15, -0.1) is 5.11 Å². The summed E-state index contributed by atoms with van der Waals surface area (Å²) in [5.74, 6) is 0.175. The van der Waals surface area contributed by atoms with Crippen LogP contribution in [0, 0.1) is 13.8 Å². The summed E-state index contributed by atoms with van der Waals surface area (Å²) in [6.07, 6.45) is 3.11. The number of azo groups is 1. The van der Waals surface area contributed by atoms with E-state index in [2.05, 4.69) is 24.1 Å². The van der Waals surface area contributed by atoms with Crippen molar-refractivity contribution in [2.24, 2.45) is 10.2 Å². The van der Waals surface area contributed by atoms with E-state index < -0.39 is 6.29 Å². The molecule has 3 aromatic carbocycles. The zero-order valence-electron chi connectivity index (χ0n) is 23.2. The average Bonchev–Trinajstić information content (AvgIpc) is 2.85. The fourth-order valence-electron chi connectivity index (χ4n) is 3.18. The van der Waals surface area contributed by atoms with Crippen molar-refractivity contribution in [2.45, 2.75) is 80.1 Å². The molecule has 0 aliphatic heterocycles. The fraction of sp³-hybridized carbons (Fsp3) is 0.387. The number of aromatic hydroxyl groups is 1. The Balaban J connectivity index is 0.000000314. The highest BCUT2D eigenvalue weighted by Crippen LogP contribution is 2.28. The van der Waals surface area contributed by atoms with Crippen molar-refractivity contribution in [3.05, 3.63) is 89.0 Å². The minimum atomic E-state index is -0.930. The van der Waals surface area contributed by atoms with Crippen LogP contribution in [0.15, 0.2) is 77.0 Å². The number of carbonyl (C=O) groups is 1. The summed E-state index contributed by atoms with van der Waals surface area (Å²) in [4.78, 5) is 11.2. The molecule has 0 aliphatic rings. The molecule has 0 spiro atoms. The lowest BCUT2D eigenvalue weighted by Gasteiger charge is -2.17. The van der Waals surface area contributed by atoms with Crippen LogP contribution in [0.25, 0.3) is 0 Å². The van der Waals surface area contributed by atoms with Crippen molar-refractivity contribution >= 4 is 17.2 Å². The maximum absolute atomic E-state index is 11.2. The van der Waals surface area contributed by atoms with E-state index in [1.54, 1.807) is 30.3 Å². The molecule has 0 radical (unpaired) electrons. The fourth-order valence-corrected chi connectivity index (χ4v) is 3.18. The molecule has 1 atom stereocenters. The van der Waals surface area contributed by atoms with E-state index in [0.717, 1.165) is 16.8 Å². The summed E-state index contributed by atoms with van der Waals surface area (Å²) < 4.78 is 5.29. The van der Waals surface area contributed by atoms with E-state index >= 15 is 0 Å². The molecular formula is C31H42N2O4. The van der Waals surface area contributed by atoms with Crippen LogP contribution >= 0.6 is 0 Å². The van der Waals surface area contributed by atoms with Crippen molar-refractivity contribution < 1.29 is 19.7 Å². The molecule has 0 fully saturated rings. The minimum Gasteiger partial charge on any atom is -0.506 e. The van der Waals surface area contributed by atoms with Gasteiger partial charge in [-0.1, -0.05) is 69.5 Å². The lowest BCUT2D eigenvalue weighted by molar-refractivity contribution is -0.129. The Bertz CT molecular complexity index is 1110. The van der Waals surface area contributed by atoms with Crippen molar-refractivity contribution in [1.82, 2.24) is 0 Å². The number of aryl methyl sites for hydroxylation is 2. The van der Waals surface area contributed by atoms with Gasteiger partial charge in [0, 0.05) is 11.1 Å². The maximum Gasteiger partial charge on any atom is 0.181 e. The monoisotopic (exact) mass is 506 g/mol. The molecule has 0 bridgehead atoms. The number of ketones is 1. The summed E-state index contributed by atoms with van der Waals surface area (Å²) in [5.41, 5.74) is 4.46. The Kier molecular flexibility index (Phi) is 14.7. The molecule has 0 aromatic heterocycles. The molecule has 6 heteroatoms. The van der Waals surface area contributed by atoms with Gasteiger partial charge in [0.25, 0.3) is 0 Å². The molecule has 37 heavy (non-hydrogen) atoms. The van der Waals surface area contributed by atoms with E-state index in [9.17, 15) is 15.0 Å². The van der Waals surface area contributed by atoms with Gasteiger partial charge < -0.3 is 14.9 Å². The summed E-state index contributed by atoms with van der Waals surface area (Å²) >= 11 is 0. The van der Waals surface area contributed by atoms with Gasteiger partial charge in [-0.25, -0.2) is 0 Å². The first-order valence-electron chi connectivity index (χ1n) is 12.8. The first kappa shape index (κ1) is 31.7. The molecule has 200 valence electrons. The van der Waals surface area contributed by atoms with Crippen molar-refractivity contribution in [3.8, 4) is 5.75 Å². The number of hydrogen-bond acceptors (Lipinski definition) is 6. The van der Waals surface area contributed by atoms with E-state index in [1.165, 1.54) is 26.2 Å². The third kappa shape index (κ3) is 12.4. The molecule has 0 saturated heterocycles. The van der Waals surface area contributed by atoms with Gasteiger partial charge in [0.2, 0.25) is 0 Å². The predicted octanol–water partition coefficient (Wildman–Crippen LogP) is 8.93. The Labute approximate surface area is 222 Å². The van der Waals surface area contributed by atoms with Crippen LogP contribution in [0.4, 0.5) is 11.4 Å². The van der Waals surface area contributed by atoms with Crippen LogP contribution in [0.3, 0.4) is 0 Å². The number of carbonyl (C=O) groups excluding carboxylic acids is 1. The molecule has 0 saturated carbocycles. The highest BCUT2D eigenvalue weighted by Gasteiger charge is 2.13. The third-order valence-corrected chi connectivity index (χ3v) is 5.21. The first-order chi connectivity index (χ1) is 17.6. The lowest BCUT2D eigenvalue weighted by atomic mass is 10.0. The average molecular weight is 507 g/mol. The van der Waals surface area contributed by atoms with Gasteiger partial charge in [0.1, 0.15) is 11.4 Å². The van der Waals surface area contributed by atoms with E-state index in [-0.39, 0.29) is 17.6 Å². The summed E-state index contributed by atoms with van der Waals surface area (Å²) in [6, 6.07) is 19.9. The second-order valence-electron chi connectivity index (χ2n) is 9.05. The minimum absolute atomic E-state index is 0.0221. The van der Waals surface area contributed by atoms with Crippen LogP contribution in [0.5, 0.6) is 5.75 Å². The zero-order chi connectivity index (χ0) is 27.8. The van der Waals surface area contributed by atoms with Crippen molar-refractivity contribution in [2.75, 3.05) is 0 Å². The largest absolute Gasteiger partial charge is 0.506 e. The lowest BCUT2D eigenvalue weighted by Crippen LogP contribution is -2.11. The SMILES string of the molecule is CC(=O)c1ccc(C(O)OC(C)C)c(C)c1.CCCCC.Cc1ccc(N=Nc2ccccc2)c(O)c1. The second kappa shape index (κ2) is 17.2. The van der Waals surface area contributed by atoms with Crippen LogP contribution in [0.1, 0.15) is 87.2 Å². The number of hydrogen-bond donors (Lipinski definition) is 2. The quantitative estimate of drug-likeness (QED) is 0.181. The smallest absolute Gasteiger partial charge is 0.181 e. The third-order valence-electron chi connectivity index (χ3n) is 5.21. The molecule has 0 aliphatic carbocycles. The number of nitrogens with zero attached hydrogens (tertiary/aromatic N) is 2. The molecule has 0 amide bonds. The van der Waals surface area contributed by atoms with E-state index in [1.807, 2.05) is 64.1 Å². The van der Waals surface area contributed by atoms with Gasteiger partial charge in [-0.3, -0.25) is 4.79 Å². The molecule has 6 nitrogen and oxygen atoms in total. The van der Waals surface area contributed by atoms with Gasteiger partial charge >= 0.3 is 0 Å². The van der Waals surface area contributed by atoms with Crippen LogP contribution < -0.4 is 0 Å². The Hall–Kier alpha value is -3.35. The standard InChI is InChI=1S/C13H12N2O.C13H18O3.C5H12/c1-10-7-8-12(13(16)9-10)15-14-11-5-3-2-4-6-11;1-8(2)16-13(15)12-6-5-11(10(4)14)7-9(12)3;1-3-5-4-2/h2-9,16H,1H3;5-8,13,15H,1-4H3;3-5H2,1-2H3. The Morgan fingerprint density at radius 1 is 0.919 bits per heavy atom. The molecular weight excluding hydrogens is 464 g/mol. The van der Waals surface area contributed by atoms with Gasteiger partial charge in [-0.05, 0) is 76.1 Å². The van der Waals surface area contributed by atoms with Crippen LogP contribution in [-0.4, -0.2) is 22.1 Å². The van der Waals surface area contributed by atoms with E-state index in [0.29, 0.717) is 16.8 Å². The van der Waals surface area contributed by atoms with E-state index in [4.69, 9.17) is 4.74 Å². The maximum atomic E-state index is 11.2. The number of Topliss-reactive ketones (excluding diaryl/α,β-unsaturated/α-hetero) is 1. The topological polar surface area (TPSA) is 91.5 Å². The highest BCUT2D eigenvalue weighted by molar-refractivity contribution is 5.94. The summed E-state index contributed by atoms with van der Waals surface area (Å²) in [6.45, 7) is 13.4. The van der Waals surface area contributed by atoms with Crippen LogP contribution in [0.2, 0.25) is 0 Å². The molecule has 2 N–H and O–H groups in total. The number of aliphatic hydroxyl groups is 1. The van der Waals surface area contributed by atoms with Crippen LogP contribution in [-0.2, 0) is 4.74 Å². The first-order valence-corrected chi connectivity index (χ1v) is 12.8. The number of aliphatic hydroxyl groups excluding tert-OH is 1. The van der Waals surface area contributed by atoms with Crippen molar-refractivity contribution in [1.29, 1.82) is 0 Å². The number of ether oxygens (including phenoxy) is 1. The number of phenols is 1. The second-order valence-corrected chi connectivity index (χ2v) is 9.05. The van der Waals surface area contributed by atoms with Gasteiger partial charge in [0.15, 0.2) is 12.1 Å². The molecule has 3 aromatic rings. The molecule has 1 unspecified atom stereocenters. The highest BCUT2D eigenvalue weighted by atomic mass is 16.6. The molecule has 0 heterocycles. The summed E-state index contributed by atoms with van der Waals surface area (Å²) in [5, 5.41) is 27.4. The number of unbranched alkanes of at least 4 members (excludes halogenated alkanes) is 2.